The Balaban J connectivity index is 1.97. The number of likely N-dealkylation sites (N-methyl/N-ethyl adjacent to an activating group) is 1. The van der Waals surface area contributed by atoms with Gasteiger partial charge in [-0.05, 0) is 31.0 Å². The molecule has 1 saturated heterocycles. The lowest BCUT2D eigenvalue weighted by atomic mass is 9.92. The standard InChI is InChI=1S/C20H28N4O6/c1-20(14-6-8-15(30-4)9-7-14)18(27)24(19(28)22-20)13-17(26)23(2)12-16(25)21-10-5-11-29-3/h6-9H,5,10-13H2,1-4H3,(H,21,25)(H,22,28). The van der Waals surface area contributed by atoms with Gasteiger partial charge in [0.2, 0.25) is 11.8 Å². The quantitative estimate of drug-likeness (QED) is 0.409. The largest absolute Gasteiger partial charge is 0.497 e. The summed E-state index contributed by atoms with van der Waals surface area (Å²) in [6.45, 7) is 1.90. The zero-order valence-corrected chi connectivity index (χ0v) is 17.7. The lowest BCUT2D eigenvalue weighted by Crippen LogP contribution is -2.46. The highest BCUT2D eigenvalue weighted by atomic mass is 16.5. The summed E-state index contributed by atoms with van der Waals surface area (Å²) in [5.74, 6) is -0.775. The van der Waals surface area contributed by atoms with E-state index < -0.39 is 29.9 Å². The molecular weight excluding hydrogens is 392 g/mol. The maximum Gasteiger partial charge on any atom is 0.325 e. The van der Waals surface area contributed by atoms with Crippen LogP contribution in [-0.2, 0) is 24.7 Å². The Morgan fingerprint density at radius 1 is 1.20 bits per heavy atom. The van der Waals surface area contributed by atoms with E-state index in [4.69, 9.17) is 9.47 Å². The number of urea groups is 1. The van der Waals surface area contributed by atoms with Gasteiger partial charge in [-0.25, -0.2) is 4.79 Å². The number of rotatable bonds is 10. The second-order valence-electron chi connectivity index (χ2n) is 7.12. The summed E-state index contributed by atoms with van der Waals surface area (Å²) >= 11 is 0. The van der Waals surface area contributed by atoms with Gasteiger partial charge in [0.15, 0.2) is 0 Å². The van der Waals surface area contributed by atoms with E-state index in [0.717, 1.165) is 4.90 Å². The van der Waals surface area contributed by atoms with Crippen molar-refractivity contribution in [2.75, 3.05) is 47.5 Å². The van der Waals surface area contributed by atoms with Gasteiger partial charge in [0.1, 0.15) is 17.8 Å². The van der Waals surface area contributed by atoms with Gasteiger partial charge in [0.25, 0.3) is 5.91 Å². The number of ether oxygens (including phenoxy) is 2. The van der Waals surface area contributed by atoms with Gasteiger partial charge >= 0.3 is 6.03 Å². The van der Waals surface area contributed by atoms with Gasteiger partial charge in [-0.15, -0.1) is 0 Å². The monoisotopic (exact) mass is 420 g/mol. The van der Waals surface area contributed by atoms with Crippen molar-refractivity contribution >= 4 is 23.8 Å². The first-order valence-corrected chi connectivity index (χ1v) is 9.51. The Kier molecular flexibility index (Phi) is 7.76. The number of nitrogens with zero attached hydrogens (tertiary/aromatic N) is 2. The first kappa shape index (κ1) is 23.1. The minimum absolute atomic E-state index is 0.175. The van der Waals surface area contributed by atoms with E-state index in [-0.39, 0.29) is 12.5 Å². The molecule has 0 radical (unpaired) electrons. The van der Waals surface area contributed by atoms with Gasteiger partial charge in [-0.2, -0.15) is 0 Å². The molecular formula is C20H28N4O6. The average molecular weight is 420 g/mol. The molecule has 10 heteroatoms. The number of methoxy groups -OCH3 is 2. The van der Waals surface area contributed by atoms with E-state index in [1.54, 1.807) is 38.3 Å². The molecule has 1 aromatic rings. The van der Waals surface area contributed by atoms with E-state index >= 15 is 0 Å². The topological polar surface area (TPSA) is 117 Å². The molecule has 2 rings (SSSR count). The number of imide groups is 1. The van der Waals surface area contributed by atoms with Crippen molar-refractivity contribution < 1.29 is 28.7 Å². The lowest BCUT2D eigenvalue weighted by molar-refractivity contribution is -0.139. The second-order valence-corrected chi connectivity index (χ2v) is 7.12. The number of carbonyl (C=O) groups excluding carboxylic acids is 4. The third-order valence-electron chi connectivity index (χ3n) is 4.89. The molecule has 1 unspecified atom stereocenters. The number of benzene rings is 1. The maximum atomic E-state index is 12.9. The van der Waals surface area contributed by atoms with Crippen molar-refractivity contribution in [3.8, 4) is 5.75 Å². The van der Waals surface area contributed by atoms with Crippen molar-refractivity contribution in [1.29, 1.82) is 0 Å². The number of hydrogen-bond donors (Lipinski definition) is 2. The fraction of sp³-hybridized carbons (Fsp3) is 0.500. The van der Waals surface area contributed by atoms with Crippen LogP contribution < -0.4 is 15.4 Å². The molecule has 1 heterocycles. The number of hydrogen-bond acceptors (Lipinski definition) is 6. The third-order valence-corrected chi connectivity index (χ3v) is 4.89. The Bertz CT molecular complexity index is 797. The normalized spacial score (nSPS) is 18.2. The summed E-state index contributed by atoms with van der Waals surface area (Å²) in [6.07, 6.45) is 0.659. The fourth-order valence-corrected chi connectivity index (χ4v) is 3.02. The van der Waals surface area contributed by atoms with Crippen LogP contribution in [0.15, 0.2) is 24.3 Å². The Labute approximate surface area is 175 Å². The maximum absolute atomic E-state index is 12.9. The van der Waals surface area contributed by atoms with Gasteiger partial charge in [0, 0.05) is 27.3 Å². The molecule has 0 aliphatic carbocycles. The van der Waals surface area contributed by atoms with Crippen LogP contribution in [0.25, 0.3) is 0 Å². The van der Waals surface area contributed by atoms with Crippen molar-refractivity contribution in [2.24, 2.45) is 0 Å². The molecule has 1 atom stereocenters. The molecule has 1 fully saturated rings. The van der Waals surface area contributed by atoms with Gasteiger partial charge in [-0.3, -0.25) is 19.3 Å². The zero-order chi connectivity index (χ0) is 22.3. The van der Waals surface area contributed by atoms with Crippen LogP contribution >= 0.6 is 0 Å². The van der Waals surface area contributed by atoms with Crippen molar-refractivity contribution in [2.45, 2.75) is 18.9 Å². The highest BCUT2D eigenvalue weighted by Gasteiger charge is 2.49. The van der Waals surface area contributed by atoms with Gasteiger partial charge in [-0.1, -0.05) is 12.1 Å². The van der Waals surface area contributed by atoms with E-state index in [1.165, 1.54) is 19.1 Å². The molecule has 164 valence electrons. The Hall–Kier alpha value is -3.14. The Morgan fingerprint density at radius 2 is 1.87 bits per heavy atom. The molecule has 10 nitrogen and oxygen atoms in total. The first-order valence-electron chi connectivity index (χ1n) is 9.51. The van der Waals surface area contributed by atoms with Gasteiger partial charge in [0.05, 0.1) is 13.7 Å². The molecule has 30 heavy (non-hydrogen) atoms. The van der Waals surface area contributed by atoms with E-state index in [0.29, 0.717) is 30.9 Å². The first-order chi connectivity index (χ1) is 14.2. The molecule has 0 saturated carbocycles. The van der Waals surface area contributed by atoms with Gasteiger partial charge < -0.3 is 25.0 Å². The molecule has 0 aromatic heterocycles. The molecule has 0 spiro atoms. The molecule has 1 aliphatic rings. The highest BCUT2D eigenvalue weighted by Crippen LogP contribution is 2.29. The molecule has 2 N–H and O–H groups in total. The lowest BCUT2D eigenvalue weighted by Gasteiger charge is -2.23. The van der Waals surface area contributed by atoms with E-state index in [2.05, 4.69) is 10.6 Å². The number of amides is 5. The van der Waals surface area contributed by atoms with Crippen LogP contribution in [0, 0.1) is 0 Å². The summed E-state index contributed by atoms with van der Waals surface area (Å²) in [5.41, 5.74) is -0.721. The third kappa shape index (κ3) is 5.26. The summed E-state index contributed by atoms with van der Waals surface area (Å²) in [7, 11) is 4.55. The SMILES string of the molecule is COCCCNC(=O)CN(C)C(=O)CN1C(=O)NC(C)(c2ccc(OC)cc2)C1=O. The van der Waals surface area contributed by atoms with Crippen LogP contribution in [-0.4, -0.2) is 81.1 Å². The number of nitrogens with one attached hydrogen (secondary N) is 2. The average Bonchev–Trinajstić information content (AvgIpc) is 2.95. The fourth-order valence-electron chi connectivity index (χ4n) is 3.02. The molecule has 1 aromatic carbocycles. The smallest absolute Gasteiger partial charge is 0.325 e. The Morgan fingerprint density at radius 3 is 2.47 bits per heavy atom. The zero-order valence-electron chi connectivity index (χ0n) is 17.7. The van der Waals surface area contributed by atoms with E-state index in [9.17, 15) is 19.2 Å². The summed E-state index contributed by atoms with van der Waals surface area (Å²) in [5, 5.41) is 5.32. The van der Waals surface area contributed by atoms with Crippen LogP contribution in [0.2, 0.25) is 0 Å². The predicted octanol–water partition coefficient (Wildman–Crippen LogP) is 0.0733. The minimum Gasteiger partial charge on any atom is -0.497 e. The van der Waals surface area contributed by atoms with Crippen molar-refractivity contribution in [3.05, 3.63) is 29.8 Å². The second kappa shape index (κ2) is 10.1. The molecule has 5 amide bonds. The van der Waals surface area contributed by atoms with Crippen molar-refractivity contribution in [1.82, 2.24) is 20.4 Å². The number of carbonyl (C=O) groups is 4. The predicted molar refractivity (Wildman–Crippen MR) is 108 cm³/mol. The van der Waals surface area contributed by atoms with Crippen LogP contribution in [0.5, 0.6) is 5.75 Å². The van der Waals surface area contributed by atoms with Crippen LogP contribution in [0.1, 0.15) is 18.9 Å². The van der Waals surface area contributed by atoms with Crippen LogP contribution in [0.3, 0.4) is 0 Å². The van der Waals surface area contributed by atoms with E-state index in [1.807, 2.05) is 0 Å². The minimum atomic E-state index is -1.29. The molecule has 1 aliphatic heterocycles. The van der Waals surface area contributed by atoms with Crippen LogP contribution in [0.4, 0.5) is 4.79 Å². The molecule has 0 bridgehead atoms. The summed E-state index contributed by atoms with van der Waals surface area (Å²) in [6, 6.07) is 6.08. The summed E-state index contributed by atoms with van der Waals surface area (Å²) in [4.78, 5) is 51.7. The highest BCUT2D eigenvalue weighted by molar-refractivity contribution is 6.09. The van der Waals surface area contributed by atoms with Crippen molar-refractivity contribution in [3.63, 3.8) is 0 Å². The summed E-state index contributed by atoms with van der Waals surface area (Å²) < 4.78 is 10.0.